The normalized spacial score (nSPS) is 12.6. The number of nitriles is 1. The quantitative estimate of drug-likeness (QED) is 0.526. The minimum Gasteiger partial charge on any atom is -0.381 e. The Bertz CT molecular complexity index is 86.9. The van der Waals surface area contributed by atoms with Crippen molar-refractivity contribution in [1.29, 1.82) is 5.26 Å². The highest BCUT2D eigenvalue weighted by Gasteiger charge is 2.00. The van der Waals surface area contributed by atoms with E-state index in [-0.39, 0.29) is 0 Å². The summed E-state index contributed by atoms with van der Waals surface area (Å²) in [5, 5.41) is 8.20. The van der Waals surface area contributed by atoms with Crippen LogP contribution in [0.1, 0.15) is 0 Å². The molecule has 0 aliphatic carbocycles. The third-order valence-electron chi connectivity index (χ3n) is 0.747. The summed E-state index contributed by atoms with van der Waals surface area (Å²) in [5.41, 5.74) is 0. The Kier molecular flexibility index (Phi) is 4.23. The van der Waals surface area contributed by atoms with E-state index in [1.54, 1.807) is 0 Å². The molecule has 0 aliphatic heterocycles. The van der Waals surface area contributed by atoms with Gasteiger partial charge in [0.25, 0.3) is 0 Å². The zero-order chi connectivity index (χ0) is 6.41. The van der Waals surface area contributed by atoms with Crippen LogP contribution in [0.4, 0.5) is 0 Å². The van der Waals surface area contributed by atoms with Crippen molar-refractivity contribution in [2.24, 2.45) is 0 Å². The lowest BCUT2D eigenvalue weighted by molar-refractivity contribution is 0.0616. The monoisotopic (exact) mass is 115 g/mol. The van der Waals surface area contributed by atoms with E-state index in [0.29, 0.717) is 6.61 Å². The van der Waals surface area contributed by atoms with Crippen molar-refractivity contribution in [3.05, 3.63) is 0 Å². The molecule has 3 nitrogen and oxygen atoms in total. The second kappa shape index (κ2) is 4.57. The van der Waals surface area contributed by atoms with Gasteiger partial charge in [-0.05, 0) is 0 Å². The summed E-state index contributed by atoms with van der Waals surface area (Å²) in [6.45, 7) is 0.340. The molecule has 0 aliphatic rings. The molecule has 3 heteroatoms. The van der Waals surface area contributed by atoms with Gasteiger partial charge in [-0.25, -0.2) is 0 Å². The van der Waals surface area contributed by atoms with Gasteiger partial charge in [-0.2, -0.15) is 5.26 Å². The van der Waals surface area contributed by atoms with Gasteiger partial charge in [0.05, 0.1) is 12.7 Å². The molecule has 0 rings (SSSR count). The minimum atomic E-state index is -0.417. The van der Waals surface area contributed by atoms with E-state index in [4.69, 9.17) is 5.26 Å². The van der Waals surface area contributed by atoms with E-state index in [1.807, 2.05) is 6.07 Å². The maximum absolute atomic E-state index is 8.20. The van der Waals surface area contributed by atoms with Crippen LogP contribution >= 0.6 is 0 Å². The van der Waals surface area contributed by atoms with E-state index < -0.39 is 6.10 Å². The first-order chi connectivity index (χ1) is 3.85. The van der Waals surface area contributed by atoms with E-state index in [2.05, 4.69) is 9.47 Å². The highest BCUT2D eigenvalue weighted by atomic mass is 16.5. The maximum Gasteiger partial charge on any atom is 0.166 e. The smallest absolute Gasteiger partial charge is 0.166 e. The number of ether oxygens (including phenoxy) is 2. The summed E-state index contributed by atoms with van der Waals surface area (Å²) in [6.07, 6.45) is -0.417. The molecular weight excluding hydrogens is 106 g/mol. The summed E-state index contributed by atoms with van der Waals surface area (Å²) in [7, 11) is 3.01. The molecule has 46 valence electrons. The van der Waals surface area contributed by atoms with Crippen molar-refractivity contribution >= 4 is 0 Å². The van der Waals surface area contributed by atoms with Crippen molar-refractivity contribution in [2.45, 2.75) is 6.10 Å². The number of nitrogens with zero attached hydrogens (tertiary/aromatic N) is 1. The highest BCUT2D eigenvalue weighted by molar-refractivity contribution is 4.82. The van der Waals surface area contributed by atoms with Crippen LogP contribution in [0.25, 0.3) is 0 Å². The molecule has 0 bridgehead atoms. The van der Waals surface area contributed by atoms with Gasteiger partial charge in [-0.15, -0.1) is 0 Å². The van der Waals surface area contributed by atoms with Crippen LogP contribution in [-0.2, 0) is 9.47 Å². The third kappa shape index (κ3) is 2.56. The Morgan fingerprint density at radius 3 is 2.38 bits per heavy atom. The molecule has 0 saturated heterocycles. The van der Waals surface area contributed by atoms with Crippen LogP contribution in [-0.4, -0.2) is 26.9 Å². The molecule has 0 aromatic rings. The van der Waals surface area contributed by atoms with Crippen LogP contribution in [0.5, 0.6) is 0 Å². The Balaban J connectivity index is 3.26. The van der Waals surface area contributed by atoms with Gasteiger partial charge < -0.3 is 9.47 Å². The lowest BCUT2D eigenvalue weighted by Crippen LogP contribution is -2.13. The molecule has 0 heterocycles. The average molecular weight is 115 g/mol. The molecule has 1 unspecified atom stereocenters. The first-order valence-corrected chi connectivity index (χ1v) is 2.26. The fourth-order valence-electron chi connectivity index (χ4n) is 0.309. The maximum atomic E-state index is 8.20. The molecule has 0 radical (unpaired) electrons. The Morgan fingerprint density at radius 1 is 1.62 bits per heavy atom. The molecule has 0 saturated carbocycles. The van der Waals surface area contributed by atoms with Crippen LogP contribution in [0.2, 0.25) is 0 Å². The Hall–Kier alpha value is -0.590. The summed E-state index contributed by atoms with van der Waals surface area (Å²) < 4.78 is 9.29. The summed E-state index contributed by atoms with van der Waals surface area (Å²) >= 11 is 0. The van der Waals surface area contributed by atoms with Gasteiger partial charge >= 0.3 is 0 Å². The molecule has 0 aromatic heterocycles. The predicted molar refractivity (Wildman–Crippen MR) is 28.3 cm³/mol. The Morgan fingerprint density at radius 2 is 2.25 bits per heavy atom. The number of hydrogen-bond acceptors (Lipinski definition) is 3. The van der Waals surface area contributed by atoms with Crippen LogP contribution < -0.4 is 0 Å². The van der Waals surface area contributed by atoms with Gasteiger partial charge in [0.15, 0.2) is 6.10 Å². The fraction of sp³-hybridized carbons (Fsp3) is 0.800. The van der Waals surface area contributed by atoms with Gasteiger partial charge in [0, 0.05) is 14.2 Å². The zero-order valence-electron chi connectivity index (χ0n) is 5.05. The fourth-order valence-corrected chi connectivity index (χ4v) is 0.309. The van der Waals surface area contributed by atoms with Crippen molar-refractivity contribution in [1.82, 2.24) is 0 Å². The van der Waals surface area contributed by atoms with Gasteiger partial charge in [-0.3, -0.25) is 0 Å². The topological polar surface area (TPSA) is 42.2 Å². The van der Waals surface area contributed by atoms with Gasteiger partial charge in [-0.1, -0.05) is 0 Å². The first kappa shape index (κ1) is 7.41. The van der Waals surface area contributed by atoms with E-state index >= 15 is 0 Å². The predicted octanol–water partition coefficient (Wildman–Crippen LogP) is 0.171. The molecular formula is C5H9NO2. The minimum absolute atomic E-state index is 0.340. The second-order valence-electron chi connectivity index (χ2n) is 1.31. The van der Waals surface area contributed by atoms with E-state index in [0.717, 1.165) is 0 Å². The first-order valence-electron chi connectivity index (χ1n) is 2.26. The lowest BCUT2D eigenvalue weighted by atomic mass is 10.4. The van der Waals surface area contributed by atoms with Crippen LogP contribution in [0.15, 0.2) is 0 Å². The number of hydrogen-bond donors (Lipinski definition) is 0. The second-order valence-corrected chi connectivity index (χ2v) is 1.31. The molecule has 0 fully saturated rings. The summed E-state index contributed by atoms with van der Waals surface area (Å²) in [6, 6.07) is 1.91. The van der Waals surface area contributed by atoms with Gasteiger partial charge in [0.2, 0.25) is 0 Å². The summed E-state index contributed by atoms with van der Waals surface area (Å²) in [5.74, 6) is 0. The molecule has 0 aromatic carbocycles. The van der Waals surface area contributed by atoms with Crippen LogP contribution in [0.3, 0.4) is 0 Å². The average Bonchev–Trinajstić information content (AvgIpc) is 1.83. The van der Waals surface area contributed by atoms with Crippen molar-refractivity contribution < 1.29 is 9.47 Å². The van der Waals surface area contributed by atoms with Gasteiger partial charge in [0.1, 0.15) is 0 Å². The standard InChI is InChI=1S/C5H9NO2/c1-7-4-5(3-6)8-2/h5H,4H2,1-2H3. The van der Waals surface area contributed by atoms with E-state index in [1.165, 1.54) is 14.2 Å². The third-order valence-corrected chi connectivity index (χ3v) is 0.747. The lowest BCUT2D eigenvalue weighted by Gasteiger charge is -2.02. The largest absolute Gasteiger partial charge is 0.381 e. The Labute approximate surface area is 48.8 Å². The van der Waals surface area contributed by atoms with Crippen molar-refractivity contribution in [2.75, 3.05) is 20.8 Å². The molecule has 0 N–H and O–H groups in total. The van der Waals surface area contributed by atoms with Crippen molar-refractivity contribution in [3.8, 4) is 6.07 Å². The molecule has 1 atom stereocenters. The molecule has 0 spiro atoms. The summed E-state index contributed by atoms with van der Waals surface area (Å²) in [4.78, 5) is 0. The number of rotatable bonds is 3. The number of methoxy groups -OCH3 is 2. The molecule has 0 amide bonds. The highest BCUT2D eigenvalue weighted by Crippen LogP contribution is 1.85. The SMILES string of the molecule is COCC(C#N)OC. The molecule has 8 heavy (non-hydrogen) atoms. The van der Waals surface area contributed by atoms with E-state index in [9.17, 15) is 0 Å². The van der Waals surface area contributed by atoms with Crippen LogP contribution in [0, 0.1) is 11.3 Å². The van der Waals surface area contributed by atoms with Crippen molar-refractivity contribution in [3.63, 3.8) is 0 Å². The zero-order valence-corrected chi connectivity index (χ0v) is 5.05.